The molecular formula is C9H10N2O2. The molecule has 0 N–H and O–H groups in total. The highest BCUT2D eigenvalue weighted by molar-refractivity contribution is 5.79. The lowest BCUT2D eigenvalue weighted by molar-refractivity contribution is 0.523. The van der Waals surface area contributed by atoms with E-state index in [0.717, 1.165) is 16.6 Å². The molecule has 0 saturated heterocycles. The SMILES string of the molecule is Cc1cc(=O)oc2c1c(C)nn2C. The van der Waals surface area contributed by atoms with Crippen LogP contribution in [-0.4, -0.2) is 9.78 Å². The molecule has 13 heavy (non-hydrogen) atoms. The summed E-state index contributed by atoms with van der Waals surface area (Å²) in [6.07, 6.45) is 0. The fraction of sp³-hybridized carbons (Fsp3) is 0.333. The summed E-state index contributed by atoms with van der Waals surface area (Å²) in [7, 11) is 1.76. The van der Waals surface area contributed by atoms with Gasteiger partial charge in [0.2, 0.25) is 5.71 Å². The first kappa shape index (κ1) is 8.04. The van der Waals surface area contributed by atoms with Crippen LogP contribution in [0.1, 0.15) is 11.3 Å². The van der Waals surface area contributed by atoms with Gasteiger partial charge in [0.15, 0.2) is 0 Å². The molecule has 0 aliphatic rings. The molecule has 0 aliphatic carbocycles. The normalized spacial score (nSPS) is 11.0. The summed E-state index contributed by atoms with van der Waals surface area (Å²) in [4.78, 5) is 11.1. The molecular weight excluding hydrogens is 168 g/mol. The Morgan fingerprint density at radius 3 is 2.85 bits per heavy atom. The van der Waals surface area contributed by atoms with Crippen molar-refractivity contribution in [1.82, 2.24) is 9.78 Å². The molecule has 0 radical (unpaired) electrons. The second-order valence-electron chi connectivity index (χ2n) is 3.14. The molecule has 0 bridgehead atoms. The van der Waals surface area contributed by atoms with E-state index in [1.165, 1.54) is 6.07 Å². The highest BCUT2D eigenvalue weighted by atomic mass is 16.4. The third-order valence-corrected chi connectivity index (χ3v) is 2.10. The molecule has 0 spiro atoms. The monoisotopic (exact) mass is 178 g/mol. The number of aromatic nitrogens is 2. The predicted octanol–water partition coefficient (Wildman–Crippen LogP) is 1.14. The molecule has 2 rings (SSSR count). The van der Waals surface area contributed by atoms with Crippen LogP contribution < -0.4 is 5.63 Å². The maximum Gasteiger partial charge on any atom is 0.337 e. The van der Waals surface area contributed by atoms with Gasteiger partial charge in [-0.1, -0.05) is 0 Å². The Hall–Kier alpha value is -1.58. The van der Waals surface area contributed by atoms with E-state index >= 15 is 0 Å². The van der Waals surface area contributed by atoms with Crippen LogP contribution in [0.25, 0.3) is 11.1 Å². The zero-order chi connectivity index (χ0) is 9.59. The van der Waals surface area contributed by atoms with Crippen LogP contribution in [0.2, 0.25) is 0 Å². The van der Waals surface area contributed by atoms with Crippen LogP contribution in [0, 0.1) is 13.8 Å². The number of aryl methyl sites for hydroxylation is 3. The predicted molar refractivity (Wildman–Crippen MR) is 48.7 cm³/mol. The Bertz CT molecular complexity index is 522. The van der Waals surface area contributed by atoms with E-state index in [1.807, 2.05) is 13.8 Å². The topological polar surface area (TPSA) is 48.0 Å². The van der Waals surface area contributed by atoms with E-state index in [2.05, 4.69) is 5.10 Å². The van der Waals surface area contributed by atoms with Gasteiger partial charge in [-0.25, -0.2) is 9.48 Å². The van der Waals surface area contributed by atoms with Crippen LogP contribution in [-0.2, 0) is 7.05 Å². The standard InChI is InChI=1S/C9H10N2O2/c1-5-4-7(12)13-9-8(5)6(2)10-11(9)3/h4H,1-3H3. The average molecular weight is 178 g/mol. The highest BCUT2D eigenvalue weighted by Crippen LogP contribution is 2.18. The lowest BCUT2D eigenvalue weighted by Gasteiger charge is -1.94. The highest BCUT2D eigenvalue weighted by Gasteiger charge is 2.10. The molecule has 0 unspecified atom stereocenters. The molecule has 0 atom stereocenters. The molecule has 4 heteroatoms. The second-order valence-corrected chi connectivity index (χ2v) is 3.14. The second kappa shape index (κ2) is 2.45. The van der Waals surface area contributed by atoms with E-state index in [0.29, 0.717) is 5.71 Å². The van der Waals surface area contributed by atoms with Crippen molar-refractivity contribution in [1.29, 1.82) is 0 Å². The third kappa shape index (κ3) is 1.06. The molecule has 2 aromatic heterocycles. The summed E-state index contributed by atoms with van der Waals surface area (Å²) in [6, 6.07) is 1.48. The summed E-state index contributed by atoms with van der Waals surface area (Å²) in [5.74, 6) is 0. The van der Waals surface area contributed by atoms with E-state index in [4.69, 9.17) is 4.42 Å². The van der Waals surface area contributed by atoms with Gasteiger partial charge < -0.3 is 4.42 Å². The molecule has 0 amide bonds. The number of hydrogen-bond donors (Lipinski definition) is 0. The van der Waals surface area contributed by atoms with Crippen molar-refractivity contribution in [2.24, 2.45) is 7.05 Å². The van der Waals surface area contributed by atoms with Crippen molar-refractivity contribution in [3.63, 3.8) is 0 Å². The van der Waals surface area contributed by atoms with Crippen LogP contribution in [0.3, 0.4) is 0 Å². The summed E-state index contributed by atoms with van der Waals surface area (Å²) in [5.41, 5.74) is 2.02. The van der Waals surface area contributed by atoms with Gasteiger partial charge in [-0.15, -0.1) is 0 Å². The summed E-state index contributed by atoms with van der Waals surface area (Å²) in [5, 5.41) is 5.11. The first-order chi connectivity index (χ1) is 6.09. The Morgan fingerprint density at radius 1 is 1.46 bits per heavy atom. The number of rotatable bonds is 0. The van der Waals surface area contributed by atoms with Gasteiger partial charge >= 0.3 is 5.63 Å². The third-order valence-electron chi connectivity index (χ3n) is 2.10. The van der Waals surface area contributed by atoms with E-state index < -0.39 is 0 Å². The van der Waals surface area contributed by atoms with Gasteiger partial charge in [0, 0.05) is 13.1 Å². The minimum absolute atomic E-state index is 0.326. The number of fused-ring (bicyclic) bond motifs is 1. The van der Waals surface area contributed by atoms with Crippen molar-refractivity contribution >= 4 is 11.1 Å². The molecule has 0 fully saturated rings. The molecule has 4 nitrogen and oxygen atoms in total. The van der Waals surface area contributed by atoms with Crippen molar-refractivity contribution in [3.8, 4) is 0 Å². The Balaban J connectivity index is 3.06. The lowest BCUT2D eigenvalue weighted by atomic mass is 10.2. The van der Waals surface area contributed by atoms with Crippen molar-refractivity contribution in [2.45, 2.75) is 13.8 Å². The Kier molecular flexibility index (Phi) is 1.52. The zero-order valence-corrected chi connectivity index (χ0v) is 7.79. The Morgan fingerprint density at radius 2 is 2.15 bits per heavy atom. The summed E-state index contributed by atoms with van der Waals surface area (Å²) >= 11 is 0. The van der Waals surface area contributed by atoms with Gasteiger partial charge in [0.25, 0.3) is 0 Å². The van der Waals surface area contributed by atoms with Crippen LogP contribution in [0.15, 0.2) is 15.3 Å². The lowest BCUT2D eigenvalue weighted by Crippen LogP contribution is -1.99. The molecule has 0 saturated carbocycles. The van der Waals surface area contributed by atoms with E-state index in [-0.39, 0.29) is 5.63 Å². The van der Waals surface area contributed by atoms with Crippen molar-refractivity contribution < 1.29 is 4.42 Å². The average Bonchev–Trinajstić information content (AvgIpc) is 2.27. The van der Waals surface area contributed by atoms with Crippen LogP contribution in [0.5, 0.6) is 0 Å². The van der Waals surface area contributed by atoms with Crippen molar-refractivity contribution in [2.75, 3.05) is 0 Å². The Labute approximate surface area is 74.8 Å². The molecule has 68 valence electrons. The van der Waals surface area contributed by atoms with E-state index in [1.54, 1.807) is 11.7 Å². The first-order valence-corrected chi connectivity index (χ1v) is 4.03. The largest absolute Gasteiger partial charge is 0.404 e. The summed E-state index contributed by atoms with van der Waals surface area (Å²) in [6.45, 7) is 3.78. The van der Waals surface area contributed by atoms with Gasteiger partial charge in [-0.05, 0) is 19.4 Å². The van der Waals surface area contributed by atoms with Crippen LogP contribution >= 0.6 is 0 Å². The van der Waals surface area contributed by atoms with E-state index in [9.17, 15) is 4.79 Å². The first-order valence-electron chi connectivity index (χ1n) is 4.03. The van der Waals surface area contributed by atoms with Gasteiger partial charge in [-0.3, -0.25) is 0 Å². The van der Waals surface area contributed by atoms with Crippen LogP contribution in [0.4, 0.5) is 0 Å². The fourth-order valence-corrected chi connectivity index (χ4v) is 1.58. The quantitative estimate of drug-likeness (QED) is 0.607. The van der Waals surface area contributed by atoms with Crippen molar-refractivity contribution in [3.05, 3.63) is 27.7 Å². The molecule has 0 aliphatic heterocycles. The van der Waals surface area contributed by atoms with Gasteiger partial charge in [0.1, 0.15) is 0 Å². The smallest absolute Gasteiger partial charge is 0.337 e. The maximum atomic E-state index is 11.1. The maximum absolute atomic E-state index is 11.1. The molecule has 2 aromatic rings. The van der Waals surface area contributed by atoms with Gasteiger partial charge in [-0.2, -0.15) is 5.10 Å². The minimum atomic E-state index is -0.326. The van der Waals surface area contributed by atoms with Gasteiger partial charge in [0.05, 0.1) is 11.1 Å². The molecule has 2 heterocycles. The number of nitrogens with zero attached hydrogens (tertiary/aromatic N) is 2. The summed E-state index contributed by atoms with van der Waals surface area (Å²) < 4.78 is 6.62. The fourth-order valence-electron chi connectivity index (χ4n) is 1.58. The molecule has 0 aromatic carbocycles. The number of hydrogen-bond acceptors (Lipinski definition) is 3. The zero-order valence-electron chi connectivity index (χ0n) is 7.79. The minimum Gasteiger partial charge on any atom is -0.404 e.